The van der Waals surface area contributed by atoms with E-state index in [0.717, 1.165) is 22.5 Å². The van der Waals surface area contributed by atoms with Crippen LogP contribution in [0.4, 0.5) is 11.4 Å². The molecule has 0 bridgehead atoms. The SMILES string of the molecule is Cc1c(N)cccc1NCc1c(Cl)cccc1Cl. The van der Waals surface area contributed by atoms with E-state index in [4.69, 9.17) is 28.9 Å². The predicted molar refractivity (Wildman–Crippen MR) is 79.4 cm³/mol. The Morgan fingerprint density at radius 3 is 2.33 bits per heavy atom. The van der Waals surface area contributed by atoms with Gasteiger partial charge < -0.3 is 11.1 Å². The largest absolute Gasteiger partial charge is 0.398 e. The molecule has 0 unspecified atom stereocenters. The standard InChI is InChI=1S/C14H14Cl2N2/c1-9-13(17)6-3-7-14(9)18-8-10-11(15)4-2-5-12(10)16/h2-7,18H,8,17H2,1H3. The highest BCUT2D eigenvalue weighted by molar-refractivity contribution is 6.36. The molecule has 0 aliphatic rings. The summed E-state index contributed by atoms with van der Waals surface area (Å²) >= 11 is 12.2. The third-order valence-corrected chi connectivity index (χ3v) is 3.60. The topological polar surface area (TPSA) is 38.0 Å². The zero-order valence-electron chi connectivity index (χ0n) is 10.0. The lowest BCUT2D eigenvalue weighted by Crippen LogP contribution is -2.03. The molecular weight excluding hydrogens is 267 g/mol. The zero-order valence-corrected chi connectivity index (χ0v) is 11.5. The fraction of sp³-hybridized carbons (Fsp3) is 0.143. The van der Waals surface area contributed by atoms with Crippen LogP contribution in [0.1, 0.15) is 11.1 Å². The van der Waals surface area contributed by atoms with Crippen molar-refractivity contribution in [2.45, 2.75) is 13.5 Å². The monoisotopic (exact) mass is 280 g/mol. The zero-order chi connectivity index (χ0) is 13.1. The maximum absolute atomic E-state index is 6.12. The molecule has 2 aromatic carbocycles. The number of nitrogen functional groups attached to an aromatic ring is 1. The van der Waals surface area contributed by atoms with Crippen molar-refractivity contribution in [1.82, 2.24) is 0 Å². The molecule has 0 fully saturated rings. The van der Waals surface area contributed by atoms with Crippen LogP contribution < -0.4 is 11.1 Å². The number of rotatable bonds is 3. The molecule has 0 aliphatic carbocycles. The van der Waals surface area contributed by atoms with Crippen LogP contribution in [-0.4, -0.2) is 0 Å². The highest BCUT2D eigenvalue weighted by Crippen LogP contribution is 2.26. The lowest BCUT2D eigenvalue weighted by molar-refractivity contribution is 1.14. The Hall–Kier alpha value is -1.38. The molecule has 2 nitrogen and oxygen atoms in total. The summed E-state index contributed by atoms with van der Waals surface area (Å²) in [7, 11) is 0. The summed E-state index contributed by atoms with van der Waals surface area (Å²) in [5.74, 6) is 0. The van der Waals surface area contributed by atoms with Gasteiger partial charge in [0.25, 0.3) is 0 Å². The van der Waals surface area contributed by atoms with E-state index in [2.05, 4.69) is 5.32 Å². The molecule has 0 heterocycles. The van der Waals surface area contributed by atoms with Crippen LogP contribution in [0, 0.1) is 6.92 Å². The first-order valence-corrected chi connectivity index (χ1v) is 6.37. The first kappa shape index (κ1) is 13.1. The molecule has 0 radical (unpaired) electrons. The molecule has 0 saturated carbocycles. The van der Waals surface area contributed by atoms with Gasteiger partial charge in [-0.15, -0.1) is 0 Å². The average Bonchev–Trinajstić information content (AvgIpc) is 2.33. The van der Waals surface area contributed by atoms with E-state index in [1.807, 2.05) is 43.3 Å². The maximum atomic E-state index is 6.12. The first-order valence-electron chi connectivity index (χ1n) is 5.61. The van der Waals surface area contributed by atoms with Gasteiger partial charge in [-0.05, 0) is 36.8 Å². The Bertz CT molecular complexity index is 547. The maximum Gasteiger partial charge on any atom is 0.0470 e. The number of nitrogens with two attached hydrogens (primary N) is 1. The van der Waals surface area contributed by atoms with Crippen LogP contribution >= 0.6 is 23.2 Å². The van der Waals surface area contributed by atoms with Crippen LogP contribution in [0.15, 0.2) is 36.4 Å². The molecule has 0 aliphatic heterocycles. The molecule has 0 saturated heterocycles. The second kappa shape index (κ2) is 5.51. The number of anilines is 2. The summed E-state index contributed by atoms with van der Waals surface area (Å²) in [6.07, 6.45) is 0. The number of halogens is 2. The van der Waals surface area contributed by atoms with Crippen molar-refractivity contribution >= 4 is 34.6 Å². The summed E-state index contributed by atoms with van der Waals surface area (Å²) in [5, 5.41) is 4.63. The van der Waals surface area contributed by atoms with E-state index < -0.39 is 0 Å². The highest BCUT2D eigenvalue weighted by atomic mass is 35.5. The third-order valence-electron chi connectivity index (χ3n) is 2.89. The normalized spacial score (nSPS) is 10.4. The lowest BCUT2D eigenvalue weighted by atomic mass is 10.1. The fourth-order valence-electron chi connectivity index (χ4n) is 1.73. The number of hydrogen-bond donors (Lipinski definition) is 2. The molecule has 0 atom stereocenters. The summed E-state index contributed by atoms with van der Waals surface area (Å²) < 4.78 is 0. The van der Waals surface area contributed by atoms with Gasteiger partial charge in [-0.25, -0.2) is 0 Å². The van der Waals surface area contributed by atoms with Gasteiger partial charge in [0.2, 0.25) is 0 Å². The average molecular weight is 281 g/mol. The van der Waals surface area contributed by atoms with Crippen molar-refractivity contribution in [3.63, 3.8) is 0 Å². The van der Waals surface area contributed by atoms with Crippen molar-refractivity contribution in [3.05, 3.63) is 57.6 Å². The molecule has 3 N–H and O–H groups in total. The van der Waals surface area contributed by atoms with Gasteiger partial charge in [0, 0.05) is 33.5 Å². The summed E-state index contributed by atoms with van der Waals surface area (Å²) in [6.45, 7) is 2.55. The van der Waals surface area contributed by atoms with Crippen LogP contribution in [0.3, 0.4) is 0 Å². The number of nitrogens with one attached hydrogen (secondary N) is 1. The summed E-state index contributed by atoms with van der Waals surface area (Å²) in [6, 6.07) is 11.3. The molecule has 4 heteroatoms. The second-order valence-electron chi connectivity index (χ2n) is 4.07. The first-order chi connectivity index (χ1) is 8.59. The van der Waals surface area contributed by atoms with E-state index in [-0.39, 0.29) is 0 Å². The van der Waals surface area contributed by atoms with Crippen molar-refractivity contribution in [1.29, 1.82) is 0 Å². The Balaban J connectivity index is 2.19. The molecule has 94 valence electrons. The van der Waals surface area contributed by atoms with E-state index in [1.54, 1.807) is 0 Å². The Morgan fingerprint density at radius 2 is 1.67 bits per heavy atom. The minimum atomic E-state index is 0.572. The molecule has 0 spiro atoms. The smallest absolute Gasteiger partial charge is 0.0470 e. The van der Waals surface area contributed by atoms with Crippen molar-refractivity contribution in [2.75, 3.05) is 11.1 Å². The van der Waals surface area contributed by atoms with E-state index in [9.17, 15) is 0 Å². The van der Waals surface area contributed by atoms with Gasteiger partial charge in [-0.2, -0.15) is 0 Å². The molecule has 18 heavy (non-hydrogen) atoms. The molecule has 0 amide bonds. The minimum Gasteiger partial charge on any atom is -0.398 e. The van der Waals surface area contributed by atoms with Crippen LogP contribution in [0.5, 0.6) is 0 Å². The van der Waals surface area contributed by atoms with Crippen molar-refractivity contribution in [3.8, 4) is 0 Å². The van der Waals surface area contributed by atoms with Gasteiger partial charge in [0.1, 0.15) is 0 Å². The van der Waals surface area contributed by atoms with E-state index in [0.29, 0.717) is 16.6 Å². The molecule has 2 rings (SSSR count). The second-order valence-corrected chi connectivity index (χ2v) is 4.89. The van der Waals surface area contributed by atoms with Gasteiger partial charge in [0.15, 0.2) is 0 Å². The van der Waals surface area contributed by atoms with Crippen molar-refractivity contribution < 1.29 is 0 Å². The Kier molecular flexibility index (Phi) is 4.00. The highest BCUT2D eigenvalue weighted by Gasteiger charge is 2.06. The van der Waals surface area contributed by atoms with Gasteiger partial charge in [-0.3, -0.25) is 0 Å². The molecule has 0 aromatic heterocycles. The molecular formula is C14H14Cl2N2. The fourth-order valence-corrected chi connectivity index (χ4v) is 2.26. The van der Waals surface area contributed by atoms with E-state index in [1.165, 1.54) is 0 Å². The predicted octanol–water partition coefficient (Wildman–Crippen LogP) is 4.50. The molecule has 2 aromatic rings. The van der Waals surface area contributed by atoms with Crippen LogP contribution in [-0.2, 0) is 6.54 Å². The third kappa shape index (κ3) is 2.71. The number of benzene rings is 2. The van der Waals surface area contributed by atoms with Crippen molar-refractivity contribution in [2.24, 2.45) is 0 Å². The minimum absolute atomic E-state index is 0.572. The van der Waals surface area contributed by atoms with Gasteiger partial charge in [-0.1, -0.05) is 35.3 Å². The van der Waals surface area contributed by atoms with Crippen LogP contribution in [0.2, 0.25) is 10.0 Å². The lowest BCUT2D eigenvalue weighted by Gasteiger charge is -2.13. The summed E-state index contributed by atoms with van der Waals surface area (Å²) in [5.41, 5.74) is 9.54. The quantitative estimate of drug-likeness (QED) is 0.813. The van der Waals surface area contributed by atoms with Gasteiger partial charge >= 0.3 is 0 Å². The number of hydrogen-bond acceptors (Lipinski definition) is 2. The van der Waals surface area contributed by atoms with Crippen LogP contribution in [0.25, 0.3) is 0 Å². The van der Waals surface area contributed by atoms with Gasteiger partial charge in [0.05, 0.1) is 0 Å². The Labute approximate surface area is 117 Å². The van der Waals surface area contributed by atoms with E-state index >= 15 is 0 Å². The summed E-state index contributed by atoms with van der Waals surface area (Å²) in [4.78, 5) is 0. The Morgan fingerprint density at radius 1 is 1.06 bits per heavy atom.